The van der Waals surface area contributed by atoms with Crippen LogP contribution in [0, 0.1) is 56.7 Å². The predicted molar refractivity (Wildman–Crippen MR) is 183 cm³/mol. The van der Waals surface area contributed by atoms with E-state index in [1.165, 1.54) is 38.4 Å². The van der Waals surface area contributed by atoms with Crippen LogP contribution in [0.4, 0.5) is 0 Å². The Balaban J connectivity index is 1.29. The van der Waals surface area contributed by atoms with E-state index < -0.39 is 11.9 Å². The molecule has 0 amide bonds. The van der Waals surface area contributed by atoms with Gasteiger partial charge in [0.1, 0.15) is 6.10 Å². The van der Waals surface area contributed by atoms with Crippen molar-refractivity contribution < 1.29 is 28.6 Å². The molecule has 6 heteroatoms. The van der Waals surface area contributed by atoms with Crippen LogP contribution in [0.3, 0.4) is 0 Å². The summed E-state index contributed by atoms with van der Waals surface area (Å²) in [6, 6.07) is 6.79. The molecular formula is C41H58O6. The van der Waals surface area contributed by atoms with Gasteiger partial charge in [-0.25, -0.2) is 9.59 Å². The molecule has 0 N–H and O–H groups in total. The van der Waals surface area contributed by atoms with Crippen LogP contribution >= 0.6 is 0 Å². The maximum Gasteiger partial charge on any atom is 0.339 e. The third kappa shape index (κ3) is 5.04. The first-order valence-corrected chi connectivity index (χ1v) is 18.2. The number of fused-ring (bicyclic) bond motifs is 7. The molecule has 10 atom stereocenters. The highest BCUT2D eigenvalue weighted by molar-refractivity contribution is 6.03. The van der Waals surface area contributed by atoms with E-state index >= 15 is 0 Å². The molecule has 0 unspecified atom stereocenters. The summed E-state index contributed by atoms with van der Waals surface area (Å²) in [6.07, 6.45) is 11.2. The summed E-state index contributed by atoms with van der Waals surface area (Å²) >= 11 is 0. The lowest BCUT2D eigenvalue weighted by Gasteiger charge is -2.73. The second-order valence-electron chi connectivity index (χ2n) is 17.6. The van der Waals surface area contributed by atoms with Crippen molar-refractivity contribution >= 4 is 17.9 Å². The highest BCUT2D eigenvalue weighted by Gasteiger charge is 2.71. The van der Waals surface area contributed by atoms with E-state index in [1.54, 1.807) is 31.2 Å². The number of esters is 3. The zero-order chi connectivity index (χ0) is 34.2. The van der Waals surface area contributed by atoms with Crippen LogP contribution in [0.1, 0.15) is 133 Å². The highest BCUT2D eigenvalue weighted by atomic mass is 16.5. The molecule has 0 spiro atoms. The summed E-state index contributed by atoms with van der Waals surface area (Å²) in [6.45, 7) is 21.2. The van der Waals surface area contributed by atoms with Crippen LogP contribution in [-0.2, 0) is 19.0 Å². The summed E-state index contributed by atoms with van der Waals surface area (Å²) in [4.78, 5) is 38.0. The molecule has 5 fully saturated rings. The van der Waals surface area contributed by atoms with Gasteiger partial charge in [-0.2, -0.15) is 0 Å². The van der Waals surface area contributed by atoms with Crippen molar-refractivity contribution in [3.63, 3.8) is 0 Å². The first kappa shape index (κ1) is 34.2. The number of carbonyl (C=O) groups excluding carboxylic acids is 3. The van der Waals surface area contributed by atoms with Crippen LogP contribution in [0.15, 0.2) is 36.4 Å². The molecule has 0 radical (unpaired) electrons. The Hall–Kier alpha value is -2.63. The van der Waals surface area contributed by atoms with E-state index in [0.717, 1.165) is 38.5 Å². The van der Waals surface area contributed by atoms with E-state index in [-0.39, 0.29) is 50.3 Å². The molecule has 5 aliphatic rings. The molecule has 5 aliphatic carbocycles. The number of hydrogen-bond acceptors (Lipinski definition) is 6. The molecule has 5 saturated carbocycles. The summed E-state index contributed by atoms with van der Waals surface area (Å²) in [5, 5.41) is 0. The van der Waals surface area contributed by atoms with Gasteiger partial charge in [-0.1, -0.05) is 58.9 Å². The van der Waals surface area contributed by atoms with Crippen molar-refractivity contribution in [2.24, 2.45) is 56.7 Å². The number of methoxy groups -OCH3 is 1. The van der Waals surface area contributed by atoms with Crippen molar-refractivity contribution in [1.29, 1.82) is 0 Å². The van der Waals surface area contributed by atoms with Crippen molar-refractivity contribution in [3.8, 4) is 0 Å². The highest BCUT2D eigenvalue weighted by Crippen LogP contribution is 2.77. The largest absolute Gasteiger partial charge is 0.465 e. The molecule has 0 saturated heterocycles. The Morgan fingerprint density at radius 3 is 2.11 bits per heavy atom. The smallest absolute Gasteiger partial charge is 0.339 e. The van der Waals surface area contributed by atoms with Crippen LogP contribution in [0.25, 0.3) is 0 Å². The van der Waals surface area contributed by atoms with Gasteiger partial charge in [0.2, 0.25) is 0 Å². The Morgan fingerprint density at radius 2 is 1.47 bits per heavy atom. The molecule has 6 nitrogen and oxygen atoms in total. The van der Waals surface area contributed by atoms with Crippen molar-refractivity contribution in [1.82, 2.24) is 0 Å². The molecule has 258 valence electrons. The van der Waals surface area contributed by atoms with Gasteiger partial charge in [0.15, 0.2) is 0 Å². The van der Waals surface area contributed by atoms with Crippen molar-refractivity contribution in [2.75, 3.05) is 13.7 Å². The van der Waals surface area contributed by atoms with E-state index in [0.29, 0.717) is 36.2 Å². The van der Waals surface area contributed by atoms with E-state index in [9.17, 15) is 14.4 Å². The van der Waals surface area contributed by atoms with Gasteiger partial charge in [0.05, 0.1) is 24.8 Å². The third-order valence-electron chi connectivity index (χ3n) is 15.5. The normalized spacial score (nSPS) is 41.7. The summed E-state index contributed by atoms with van der Waals surface area (Å²) in [5.74, 6) is 1.39. The maximum atomic E-state index is 13.5. The number of carbonyl (C=O) groups is 3. The minimum absolute atomic E-state index is 0.0123. The fraction of sp³-hybridized carbons (Fsp3) is 0.732. The molecule has 6 rings (SSSR count). The average molecular weight is 647 g/mol. The quantitative estimate of drug-likeness (QED) is 0.174. The molecule has 0 heterocycles. The lowest BCUT2D eigenvalue weighted by molar-refractivity contribution is -0.251. The topological polar surface area (TPSA) is 78.9 Å². The summed E-state index contributed by atoms with van der Waals surface area (Å²) in [5.41, 5.74) is 2.23. The number of benzene rings is 1. The van der Waals surface area contributed by atoms with Gasteiger partial charge in [0, 0.05) is 17.8 Å². The van der Waals surface area contributed by atoms with Gasteiger partial charge in [-0.05, 0) is 129 Å². The second kappa shape index (κ2) is 11.8. The van der Waals surface area contributed by atoms with Crippen LogP contribution in [-0.4, -0.2) is 37.7 Å². The second-order valence-corrected chi connectivity index (χ2v) is 17.6. The number of allylic oxidation sites excluding steroid dienone is 1. The lowest BCUT2D eigenvalue weighted by atomic mass is 9.32. The molecule has 47 heavy (non-hydrogen) atoms. The molecule has 0 aromatic heterocycles. The standard InChI is InChI=1S/C41H58O6/c1-25(2)27-16-21-41(24-46-36(44)29-13-11-10-12-28(29)35(43)45-9)23-22-39(7)30(34(27)41)14-15-32-38(6)19-18-33(47-26(3)42)37(4,5)31(38)17-20-40(32,39)8/h10-13,27,30-34H,1,14-24H2,2-9H3/t27-,30-,31+,32+,33+,34-,38-,39-,40-,41-/m1/s1. The van der Waals surface area contributed by atoms with Crippen molar-refractivity contribution in [3.05, 3.63) is 47.5 Å². The van der Waals surface area contributed by atoms with E-state index in [4.69, 9.17) is 14.2 Å². The molecular weight excluding hydrogens is 588 g/mol. The van der Waals surface area contributed by atoms with E-state index in [2.05, 4.69) is 48.1 Å². The van der Waals surface area contributed by atoms with Crippen LogP contribution in [0.5, 0.6) is 0 Å². The SMILES string of the molecule is C=C(C)[C@H]1CC[C@]2(COC(=O)c3ccccc3C(=O)OC)CC[C@]3(C)[C@H](CC[C@H]4[C@]5(C)CC[C@H](OC(C)=O)C(C)(C)[C@@H]5CC[C@]43C)[C@@H]12. The average Bonchev–Trinajstić information content (AvgIpc) is 3.41. The fourth-order valence-corrected chi connectivity index (χ4v) is 13.2. The zero-order valence-corrected chi connectivity index (χ0v) is 30.2. The van der Waals surface area contributed by atoms with Crippen molar-refractivity contribution in [2.45, 2.75) is 119 Å². The third-order valence-corrected chi connectivity index (χ3v) is 15.5. The Bertz CT molecular complexity index is 1440. The van der Waals surface area contributed by atoms with Gasteiger partial charge >= 0.3 is 17.9 Å². The summed E-state index contributed by atoms with van der Waals surface area (Å²) < 4.78 is 17.1. The molecule has 0 aliphatic heterocycles. The summed E-state index contributed by atoms with van der Waals surface area (Å²) in [7, 11) is 1.33. The maximum absolute atomic E-state index is 13.5. The lowest BCUT2D eigenvalue weighted by Crippen LogP contribution is -2.67. The van der Waals surface area contributed by atoms with Gasteiger partial charge in [0.25, 0.3) is 0 Å². The number of hydrogen-bond donors (Lipinski definition) is 0. The van der Waals surface area contributed by atoms with Crippen LogP contribution in [0.2, 0.25) is 0 Å². The van der Waals surface area contributed by atoms with Gasteiger partial charge in [-0.3, -0.25) is 4.79 Å². The fourth-order valence-electron chi connectivity index (χ4n) is 13.2. The van der Waals surface area contributed by atoms with Crippen LogP contribution < -0.4 is 0 Å². The Kier molecular flexibility index (Phi) is 8.57. The zero-order valence-electron chi connectivity index (χ0n) is 30.2. The molecule has 0 bridgehead atoms. The van der Waals surface area contributed by atoms with Gasteiger partial charge in [-0.15, -0.1) is 0 Å². The first-order valence-electron chi connectivity index (χ1n) is 18.2. The minimum atomic E-state index is -0.526. The molecule has 1 aromatic carbocycles. The Labute approximate surface area is 282 Å². The molecule has 1 aromatic rings. The number of ether oxygens (including phenoxy) is 3. The number of rotatable bonds is 6. The predicted octanol–water partition coefficient (Wildman–Crippen LogP) is 9.22. The van der Waals surface area contributed by atoms with Gasteiger partial charge < -0.3 is 14.2 Å². The first-order chi connectivity index (χ1) is 22.1. The monoisotopic (exact) mass is 646 g/mol. The minimum Gasteiger partial charge on any atom is -0.465 e. The van der Waals surface area contributed by atoms with E-state index in [1.807, 2.05) is 0 Å². The Morgan fingerprint density at radius 1 is 0.787 bits per heavy atom.